The number of phenolic OH excluding ortho intramolecular Hbond substituents is 1. The van der Waals surface area contributed by atoms with E-state index >= 15 is 0 Å². The molecule has 0 amide bonds. The number of hydrogen-bond donors (Lipinski definition) is 2. The van der Waals surface area contributed by atoms with Gasteiger partial charge in [0.15, 0.2) is 5.78 Å². The largest absolute Gasteiger partial charge is 0.508 e. The van der Waals surface area contributed by atoms with Gasteiger partial charge in [-0.25, -0.2) is 0 Å². The maximum Gasteiger partial charge on any atom is 0.307 e. The summed E-state index contributed by atoms with van der Waals surface area (Å²) in [6, 6.07) is 9.95. The zero-order chi connectivity index (χ0) is 15.0. The molecule has 0 spiro atoms. The Kier molecular flexibility index (Phi) is 3.43. The molecule has 0 saturated carbocycles. The van der Waals surface area contributed by atoms with Gasteiger partial charge >= 0.3 is 5.97 Å². The highest BCUT2D eigenvalue weighted by molar-refractivity contribution is 7.98. The highest BCUT2D eigenvalue weighted by Gasteiger charge is 2.22. The molecule has 1 aliphatic rings. The molecule has 106 valence electrons. The average molecular weight is 300 g/mol. The molecule has 0 aliphatic carbocycles. The fourth-order valence-corrected chi connectivity index (χ4v) is 3.40. The number of benzene rings is 2. The molecule has 1 heterocycles. The highest BCUT2D eigenvalue weighted by Crippen LogP contribution is 2.35. The highest BCUT2D eigenvalue weighted by atomic mass is 32.2. The minimum Gasteiger partial charge on any atom is -0.508 e. The van der Waals surface area contributed by atoms with Crippen molar-refractivity contribution in [3.63, 3.8) is 0 Å². The van der Waals surface area contributed by atoms with E-state index in [1.807, 2.05) is 0 Å². The molecule has 4 nitrogen and oxygen atoms in total. The lowest BCUT2D eigenvalue weighted by Gasteiger charge is -2.07. The number of fused-ring (bicyclic) bond motifs is 2. The van der Waals surface area contributed by atoms with Crippen LogP contribution in [-0.2, 0) is 17.0 Å². The minimum atomic E-state index is -0.929. The summed E-state index contributed by atoms with van der Waals surface area (Å²) in [7, 11) is 0. The summed E-state index contributed by atoms with van der Waals surface area (Å²) < 4.78 is 0. The number of rotatable bonds is 2. The van der Waals surface area contributed by atoms with E-state index < -0.39 is 5.97 Å². The van der Waals surface area contributed by atoms with Crippen LogP contribution in [0.15, 0.2) is 41.3 Å². The molecule has 3 rings (SSSR count). The predicted octanol–water partition coefficient (Wildman–Crippen LogP) is 2.86. The summed E-state index contributed by atoms with van der Waals surface area (Å²) in [5.74, 6) is -0.404. The molecule has 0 unspecified atom stereocenters. The first kappa shape index (κ1) is 13.7. The molecule has 21 heavy (non-hydrogen) atoms. The number of carboxylic acids is 1. The van der Waals surface area contributed by atoms with Crippen LogP contribution in [0.1, 0.15) is 27.0 Å². The number of aliphatic carboxylic acids is 1. The van der Waals surface area contributed by atoms with Gasteiger partial charge in [-0.15, -0.1) is 11.8 Å². The Bertz CT molecular complexity index is 752. The molecule has 0 atom stereocenters. The van der Waals surface area contributed by atoms with Crippen LogP contribution in [-0.4, -0.2) is 22.0 Å². The Morgan fingerprint density at radius 1 is 1.14 bits per heavy atom. The second kappa shape index (κ2) is 5.26. The van der Waals surface area contributed by atoms with Gasteiger partial charge in [0.2, 0.25) is 0 Å². The first-order chi connectivity index (χ1) is 10.0. The van der Waals surface area contributed by atoms with Crippen LogP contribution in [0.25, 0.3) is 0 Å². The third-order valence-corrected chi connectivity index (χ3v) is 4.49. The summed E-state index contributed by atoms with van der Waals surface area (Å²) in [6.07, 6.45) is -0.113. The van der Waals surface area contributed by atoms with Gasteiger partial charge in [-0.05, 0) is 35.4 Å². The van der Waals surface area contributed by atoms with E-state index in [0.29, 0.717) is 22.4 Å². The van der Waals surface area contributed by atoms with Crippen LogP contribution in [0.4, 0.5) is 0 Å². The lowest BCUT2D eigenvalue weighted by atomic mass is 9.97. The molecule has 0 fully saturated rings. The summed E-state index contributed by atoms with van der Waals surface area (Å²) in [5, 5.41) is 18.4. The van der Waals surface area contributed by atoms with Crippen LogP contribution >= 0.6 is 11.8 Å². The normalized spacial score (nSPS) is 13.2. The maximum atomic E-state index is 12.6. The maximum absolute atomic E-state index is 12.6. The molecule has 5 heteroatoms. The summed E-state index contributed by atoms with van der Waals surface area (Å²) in [6.45, 7) is 0. The van der Waals surface area contributed by atoms with Gasteiger partial charge in [0.05, 0.1) is 6.42 Å². The molecule has 1 aliphatic heterocycles. The molecule has 0 bridgehead atoms. The lowest BCUT2D eigenvalue weighted by molar-refractivity contribution is -0.136. The topological polar surface area (TPSA) is 74.6 Å². The zero-order valence-corrected chi connectivity index (χ0v) is 11.8. The molecule has 2 aromatic carbocycles. The number of phenols is 1. The molecule has 2 aromatic rings. The minimum absolute atomic E-state index is 0.0530. The predicted molar refractivity (Wildman–Crippen MR) is 78.9 cm³/mol. The smallest absolute Gasteiger partial charge is 0.307 e. The number of thioether (sulfide) groups is 1. The van der Waals surface area contributed by atoms with Crippen LogP contribution in [0, 0.1) is 0 Å². The van der Waals surface area contributed by atoms with Crippen LogP contribution < -0.4 is 0 Å². The monoisotopic (exact) mass is 300 g/mol. The van der Waals surface area contributed by atoms with E-state index in [-0.39, 0.29) is 18.0 Å². The standard InChI is InChI=1S/C16H12O4S/c17-11-3-2-10-8-21-14-4-1-9(6-15(18)19)5-13(14)16(20)12(10)7-11/h1-5,7,17H,6,8H2,(H,18,19). The van der Waals surface area contributed by atoms with E-state index in [9.17, 15) is 14.7 Å². The Hall–Kier alpha value is -2.27. The molecule has 0 saturated heterocycles. The van der Waals surface area contributed by atoms with Gasteiger partial charge in [-0.2, -0.15) is 0 Å². The van der Waals surface area contributed by atoms with Gasteiger partial charge in [0.25, 0.3) is 0 Å². The fourth-order valence-electron chi connectivity index (χ4n) is 2.37. The van der Waals surface area contributed by atoms with E-state index in [2.05, 4.69) is 0 Å². The Morgan fingerprint density at radius 2 is 1.95 bits per heavy atom. The second-order valence-electron chi connectivity index (χ2n) is 4.86. The van der Waals surface area contributed by atoms with E-state index in [4.69, 9.17) is 5.11 Å². The van der Waals surface area contributed by atoms with Gasteiger partial charge in [-0.1, -0.05) is 12.1 Å². The first-order valence-corrected chi connectivity index (χ1v) is 7.37. The number of aromatic hydroxyl groups is 1. The summed E-state index contributed by atoms with van der Waals surface area (Å²) in [4.78, 5) is 24.3. The van der Waals surface area contributed by atoms with Crippen molar-refractivity contribution < 1.29 is 19.8 Å². The molecular formula is C16H12O4S. The zero-order valence-electron chi connectivity index (χ0n) is 11.0. The van der Waals surface area contributed by atoms with E-state index in [0.717, 1.165) is 10.5 Å². The fraction of sp³-hybridized carbons (Fsp3) is 0.125. The van der Waals surface area contributed by atoms with Crippen molar-refractivity contribution in [1.82, 2.24) is 0 Å². The number of carbonyl (C=O) groups excluding carboxylic acids is 1. The lowest BCUT2D eigenvalue weighted by Crippen LogP contribution is -2.06. The number of carbonyl (C=O) groups is 2. The van der Waals surface area contributed by atoms with Gasteiger partial charge in [-0.3, -0.25) is 9.59 Å². The van der Waals surface area contributed by atoms with Gasteiger partial charge in [0.1, 0.15) is 5.75 Å². The first-order valence-electron chi connectivity index (χ1n) is 6.38. The third kappa shape index (κ3) is 2.64. The quantitative estimate of drug-likeness (QED) is 0.892. The second-order valence-corrected chi connectivity index (χ2v) is 5.88. The van der Waals surface area contributed by atoms with Crippen LogP contribution in [0.3, 0.4) is 0 Å². The number of ketones is 1. The van der Waals surface area contributed by atoms with Crippen molar-refractivity contribution in [1.29, 1.82) is 0 Å². The molecular weight excluding hydrogens is 288 g/mol. The molecule has 2 N–H and O–H groups in total. The van der Waals surface area contributed by atoms with Crippen LogP contribution in [0.2, 0.25) is 0 Å². The summed E-state index contributed by atoms with van der Waals surface area (Å²) in [5.41, 5.74) is 2.45. The van der Waals surface area contributed by atoms with E-state index in [1.165, 1.54) is 17.8 Å². The molecule has 0 aromatic heterocycles. The van der Waals surface area contributed by atoms with Gasteiger partial charge < -0.3 is 10.2 Å². The Balaban J connectivity index is 2.10. The van der Waals surface area contributed by atoms with Crippen molar-refractivity contribution in [2.24, 2.45) is 0 Å². The van der Waals surface area contributed by atoms with Crippen molar-refractivity contribution in [3.05, 3.63) is 58.7 Å². The van der Waals surface area contributed by atoms with Crippen molar-refractivity contribution >= 4 is 23.5 Å². The van der Waals surface area contributed by atoms with Crippen molar-refractivity contribution in [2.75, 3.05) is 0 Å². The Morgan fingerprint density at radius 3 is 2.71 bits per heavy atom. The summed E-state index contributed by atoms with van der Waals surface area (Å²) >= 11 is 1.54. The Labute approximate surface area is 125 Å². The number of hydrogen-bond acceptors (Lipinski definition) is 4. The number of carboxylic acid groups (broad SMARTS) is 1. The van der Waals surface area contributed by atoms with Crippen molar-refractivity contribution in [3.8, 4) is 5.75 Å². The van der Waals surface area contributed by atoms with Gasteiger partial charge in [0, 0.05) is 21.8 Å². The van der Waals surface area contributed by atoms with Crippen LogP contribution in [0.5, 0.6) is 5.75 Å². The third-order valence-electron chi connectivity index (χ3n) is 3.37. The SMILES string of the molecule is O=C(O)Cc1ccc2c(c1)C(=O)c1cc(O)ccc1CS2. The van der Waals surface area contributed by atoms with E-state index in [1.54, 1.807) is 30.3 Å². The molecule has 0 radical (unpaired) electrons. The average Bonchev–Trinajstić information content (AvgIpc) is 2.57. The van der Waals surface area contributed by atoms with Crippen molar-refractivity contribution in [2.45, 2.75) is 17.1 Å².